The Morgan fingerprint density at radius 3 is 2.60 bits per heavy atom. The van der Waals surface area contributed by atoms with Crippen LogP contribution in [0.1, 0.15) is 26.7 Å². The van der Waals surface area contributed by atoms with Crippen molar-refractivity contribution in [3.05, 3.63) is 0 Å². The zero-order valence-corrected chi connectivity index (χ0v) is 9.93. The minimum atomic E-state index is -0.117. The average molecular weight is 214 g/mol. The number of carbonyl (C=O) groups is 1. The van der Waals surface area contributed by atoms with Crippen LogP contribution in [0.5, 0.6) is 0 Å². The Balaban J connectivity index is 2.31. The van der Waals surface area contributed by atoms with Crippen LogP contribution in [0.2, 0.25) is 0 Å². The Labute approximate surface area is 91.8 Å². The molecule has 1 aliphatic heterocycles. The summed E-state index contributed by atoms with van der Waals surface area (Å²) in [6.45, 7) is 6.45. The second-order valence-electron chi connectivity index (χ2n) is 4.65. The highest BCUT2D eigenvalue weighted by atomic mass is 16.5. The van der Waals surface area contributed by atoms with Crippen LogP contribution in [0.3, 0.4) is 0 Å². The maximum atomic E-state index is 11.6. The Morgan fingerprint density at radius 1 is 1.47 bits per heavy atom. The first-order valence-corrected chi connectivity index (χ1v) is 5.60. The van der Waals surface area contributed by atoms with Gasteiger partial charge in [0, 0.05) is 19.8 Å². The van der Waals surface area contributed by atoms with Crippen LogP contribution in [-0.4, -0.2) is 38.8 Å². The first kappa shape index (κ1) is 12.5. The van der Waals surface area contributed by atoms with E-state index in [2.05, 4.69) is 17.6 Å². The normalized spacial score (nSPS) is 22.1. The predicted molar refractivity (Wildman–Crippen MR) is 59.7 cm³/mol. The maximum absolute atomic E-state index is 11.6. The monoisotopic (exact) mass is 214 g/mol. The van der Waals surface area contributed by atoms with Crippen molar-refractivity contribution < 1.29 is 9.53 Å². The molecule has 0 aliphatic carbocycles. The highest BCUT2D eigenvalue weighted by molar-refractivity contribution is 5.81. The van der Waals surface area contributed by atoms with Gasteiger partial charge in [0.25, 0.3) is 0 Å². The van der Waals surface area contributed by atoms with E-state index in [-0.39, 0.29) is 17.4 Å². The fourth-order valence-electron chi connectivity index (χ4n) is 1.63. The molecule has 15 heavy (non-hydrogen) atoms. The van der Waals surface area contributed by atoms with E-state index in [1.807, 2.05) is 6.92 Å². The van der Waals surface area contributed by atoms with E-state index >= 15 is 0 Å². The van der Waals surface area contributed by atoms with Gasteiger partial charge in [-0.05, 0) is 32.2 Å². The topological polar surface area (TPSA) is 50.4 Å². The van der Waals surface area contributed by atoms with Crippen LogP contribution < -0.4 is 10.6 Å². The van der Waals surface area contributed by atoms with Crippen LogP contribution in [0.15, 0.2) is 0 Å². The third-order valence-electron chi connectivity index (χ3n) is 3.22. The van der Waals surface area contributed by atoms with E-state index in [0.717, 1.165) is 32.6 Å². The second kappa shape index (κ2) is 5.47. The van der Waals surface area contributed by atoms with E-state index in [4.69, 9.17) is 4.74 Å². The van der Waals surface area contributed by atoms with Crippen molar-refractivity contribution in [3.63, 3.8) is 0 Å². The van der Waals surface area contributed by atoms with Gasteiger partial charge >= 0.3 is 0 Å². The van der Waals surface area contributed by atoms with Crippen molar-refractivity contribution in [3.8, 4) is 0 Å². The summed E-state index contributed by atoms with van der Waals surface area (Å²) in [4.78, 5) is 11.6. The van der Waals surface area contributed by atoms with Gasteiger partial charge in [0.05, 0.1) is 6.04 Å². The Bertz CT molecular complexity index is 213. The fourth-order valence-corrected chi connectivity index (χ4v) is 1.63. The van der Waals surface area contributed by atoms with Crippen molar-refractivity contribution in [1.82, 2.24) is 10.6 Å². The van der Waals surface area contributed by atoms with Gasteiger partial charge in [-0.1, -0.05) is 6.92 Å². The zero-order valence-electron chi connectivity index (χ0n) is 9.93. The van der Waals surface area contributed by atoms with Gasteiger partial charge in [0.15, 0.2) is 0 Å². The highest BCUT2D eigenvalue weighted by Crippen LogP contribution is 2.28. The molecule has 1 heterocycles. The van der Waals surface area contributed by atoms with E-state index in [0.29, 0.717) is 0 Å². The van der Waals surface area contributed by atoms with Gasteiger partial charge in [0.2, 0.25) is 5.91 Å². The molecule has 1 fully saturated rings. The van der Waals surface area contributed by atoms with E-state index < -0.39 is 0 Å². The quantitative estimate of drug-likeness (QED) is 0.717. The highest BCUT2D eigenvalue weighted by Gasteiger charge is 2.28. The average Bonchev–Trinajstić information content (AvgIpc) is 2.26. The van der Waals surface area contributed by atoms with Crippen molar-refractivity contribution in [2.45, 2.75) is 32.7 Å². The first-order valence-electron chi connectivity index (χ1n) is 5.60. The maximum Gasteiger partial charge on any atom is 0.236 e. The molecule has 88 valence electrons. The first-order chi connectivity index (χ1) is 7.07. The number of hydrogen-bond donors (Lipinski definition) is 2. The number of rotatable bonds is 4. The van der Waals surface area contributed by atoms with Crippen molar-refractivity contribution >= 4 is 5.91 Å². The van der Waals surface area contributed by atoms with E-state index in [9.17, 15) is 4.79 Å². The molecule has 4 nitrogen and oxygen atoms in total. The van der Waals surface area contributed by atoms with E-state index in [1.165, 1.54) is 0 Å². The summed E-state index contributed by atoms with van der Waals surface area (Å²) in [7, 11) is 1.79. The lowest BCUT2D eigenvalue weighted by Crippen LogP contribution is -2.45. The van der Waals surface area contributed by atoms with Gasteiger partial charge in [-0.3, -0.25) is 4.79 Å². The molecular formula is C11H22N2O2. The minimum absolute atomic E-state index is 0.0743. The summed E-state index contributed by atoms with van der Waals surface area (Å²) >= 11 is 0. The van der Waals surface area contributed by atoms with Gasteiger partial charge in [0.1, 0.15) is 0 Å². The summed E-state index contributed by atoms with van der Waals surface area (Å²) < 4.78 is 5.32. The molecule has 1 unspecified atom stereocenters. The molecule has 1 atom stereocenters. The number of nitrogens with one attached hydrogen (secondary N) is 2. The van der Waals surface area contributed by atoms with Gasteiger partial charge in [-0.2, -0.15) is 0 Å². The summed E-state index contributed by atoms with van der Waals surface area (Å²) in [6.07, 6.45) is 2.06. The molecule has 0 aromatic heterocycles. The SMILES string of the molecule is CNC(C)C(=O)NCC1(C)CCOCC1. The Morgan fingerprint density at radius 2 is 2.07 bits per heavy atom. The van der Waals surface area contributed by atoms with Crippen LogP contribution in [0.25, 0.3) is 0 Å². The van der Waals surface area contributed by atoms with Crippen LogP contribution in [0.4, 0.5) is 0 Å². The lowest BCUT2D eigenvalue weighted by atomic mass is 9.82. The van der Waals surface area contributed by atoms with Crippen molar-refractivity contribution in [2.75, 3.05) is 26.8 Å². The fraction of sp³-hybridized carbons (Fsp3) is 0.909. The number of ether oxygens (including phenoxy) is 1. The molecule has 1 aliphatic rings. The molecule has 0 saturated carbocycles. The molecule has 0 aromatic rings. The number of amides is 1. The number of hydrogen-bond acceptors (Lipinski definition) is 3. The second-order valence-corrected chi connectivity index (χ2v) is 4.65. The minimum Gasteiger partial charge on any atom is -0.381 e. The molecule has 1 rings (SSSR count). The van der Waals surface area contributed by atoms with Gasteiger partial charge < -0.3 is 15.4 Å². The Kier molecular flexibility index (Phi) is 4.54. The molecule has 1 saturated heterocycles. The summed E-state index contributed by atoms with van der Waals surface area (Å²) in [6, 6.07) is -0.117. The van der Waals surface area contributed by atoms with Crippen LogP contribution >= 0.6 is 0 Å². The standard InChI is InChI=1S/C11H22N2O2/c1-9(12-3)10(14)13-8-11(2)4-6-15-7-5-11/h9,12H,4-8H2,1-3H3,(H,13,14). The van der Waals surface area contributed by atoms with Gasteiger partial charge in [-0.15, -0.1) is 0 Å². The van der Waals surface area contributed by atoms with Gasteiger partial charge in [-0.25, -0.2) is 0 Å². The molecule has 1 amide bonds. The number of carbonyl (C=O) groups excluding carboxylic acids is 1. The van der Waals surface area contributed by atoms with E-state index in [1.54, 1.807) is 7.05 Å². The smallest absolute Gasteiger partial charge is 0.236 e. The lowest BCUT2D eigenvalue weighted by Gasteiger charge is -2.33. The van der Waals surface area contributed by atoms with Crippen LogP contribution in [0, 0.1) is 5.41 Å². The molecule has 0 bridgehead atoms. The number of likely N-dealkylation sites (N-methyl/N-ethyl adjacent to an activating group) is 1. The molecule has 4 heteroatoms. The molecule has 0 aromatic carbocycles. The molecule has 2 N–H and O–H groups in total. The summed E-state index contributed by atoms with van der Waals surface area (Å²) in [5.41, 5.74) is 0.210. The molecular weight excluding hydrogens is 192 g/mol. The largest absolute Gasteiger partial charge is 0.381 e. The Hall–Kier alpha value is -0.610. The summed E-state index contributed by atoms with van der Waals surface area (Å²) in [5, 5.41) is 5.91. The third-order valence-corrected chi connectivity index (χ3v) is 3.22. The van der Waals surface area contributed by atoms with Crippen molar-refractivity contribution in [2.24, 2.45) is 5.41 Å². The zero-order chi connectivity index (χ0) is 11.3. The van der Waals surface area contributed by atoms with Crippen LogP contribution in [-0.2, 0) is 9.53 Å². The van der Waals surface area contributed by atoms with Crippen molar-refractivity contribution in [1.29, 1.82) is 0 Å². The third kappa shape index (κ3) is 3.80. The molecule has 0 radical (unpaired) electrons. The molecule has 0 spiro atoms. The lowest BCUT2D eigenvalue weighted by molar-refractivity contribution is -0.123. The predicted octanol–water partition coefficient (Wildman–Crippen LogP) is 0.527. The summed E-state index contributed by atoms with van der Waals surface area (Å²) in [5.74, 6) is 0.0743.